The van der Waals surface area contributed by atoms with E-state index < -0.39 is 187 Å². The number of Topliss-reactive ketones (excluding diaryl/α,β-unsaturated/α-hetero) is 1. The summed E-state index contributed by atoms with van der Waals surface area (Å²) in [6.07, 6.45) is 2.45. The number of hydrogen-bond acceptors (Lipinski definition) is 17. The summed E-state index contributed by atoms with van der Waals surface area (Å²) in [4.78, 5) is 179. The molecule has 29 nitrogen and oxygen atoms in total. The fourth-order valence-corrected chi connectivity index (χ4v) is 10.2. The van der Waals surface area contributed by atoms with Crippen LogP contribution in [0.5, 0.6) is 0 Å². The van der Waals surface area contributed by atoms with Crippen LogP contribution in [0.4, 0.5) is 0 Å². The molecule has 87 heavy (non-hydrogen) atoms. The standard InChI is InChI=1S/C58H98N12O17/c1-11-22-36(73)24-20-18-16-14-13-15-17-19-23-32(5)45-49(77)56(84)65-44(31(3)4)53(81)62-37(12-2)51(79)67-47(34(7)72)55(83)68-46(33(6)71)54(82)63-38(26-27-41(59)74)50(78)61-30-43(76)64-48(35(8)87-10)58(86)69(9)40(29-42(60)75)57(85)70-28-21-25-39(70)52(80)66-45/h12,31-35,38-40,44-49,71-72,77H,11,13-30H2,1-10H3,(H2,59,74)(H2,60,75)(H,61,78)(H,62,81)(H,63,82)(H,64,76)(H,65,84)(H,66,80)(H,67,79)(H,68,83)/b37-12+/t32?,33-,34-,35-,38+,39+,40+,44?,45-,46+,47+,48+,49-/m1/s1. The van der Waals surface area contributed by atoms with Crippen LogP contribution in [0.15, 0.2) is 11.8 Å². The average molecular weight is 1240 g/mol. The molecule has 0 saturated carbocycles. The third-order valence-corrected chi connectivity index (χ3v) is 15.6. The van der Waals surface area contributed by atoms with E-state index in [1.807, 2.05) is 6.92 Å². The minimum absolute atomic E-state index is 0.0484. The lowest BCUT2D eigenvalue weighted by Gasteiger charge is -2.36. The number of rotatable bonds is 24. The van der Waals surface area contributed by atoms with Crippen molar-refractivity contribution in [2.45, 2.75) is 237 Å². The third kappa shape index (κ3) is 24.9. The quantitative estimate of drug-likeness (QED) is 0.0358. The van der Waals surface area contributed by atoms with Gasteiger partial charge < -0.3 is 83.9 Å². The Bertz CT molecular complexity index is 2420. The first-order valence-corrected chi connectivity index (χ1v) is 30.2. The SMILES string of the molecule is C/C=C1/NC(=O)C(C(C)C)NC(=O)[C@H](O)[C@@H](C(C)CCCCCCCCCCC(=O)CCC)NC(=O)[C@@H]2CCCN2C(=O)[C@H](CC(N)=O)N(C)C(=O)[C@H]([C@@H](C)OC)NC(=O)CNC(=O)[C@H](CCC(N)=O)NC(=O)[C@H]([C@@H](C)O)NC(=O)[C@H]([C@@H](C)O)NC1=O. The molecule has 2 heterocycles. The Kier molecular flexibility index (Phi) is 33.4. The second kappa shape index (κ2) is 38.2. The number of unbranched alkanes of at least 4 members (excludes halogenated alkanes) is 7. The average Bonchev–Trinajstić information content (AvgIpc) is 2.91. The van der Waals surface area contributed by atoms with Crippen molar-refractivity contribution in [3.05, 3.63) is 11.8 Å². The van der Waals surface area contributed by atoms with Crippen molar-refractivity contribution in [1.29, 1.82) is 0 Å². The fourth-order valence-electron chi connectivity index (χ4n) is 10.2. The van der Waals surface area contributed by atoms with Crippen LogP contribution in [-0.4, -0.2) is 202 Å². The molecule has 12 amide bonds. The maximum absolute atomic E-state index is 14.7. The zero-order valence-corrected chi connectivity index (χ0v) is 52.2. The second-order valence-electron chi connectivity index (χ2n) is 23.0. The molecule has 2 fully saturated rings. The van der Waals surface area contributed by atoms with Crippen LogP contribution >= 0.6 is 0 Å². The predicted molar refractivity (Wildman–Crippen MR) is 316 cm³/mol. The Morgan fingerprint density at radius 3 is 1.79 bits per heavy atom. The van der Waals surface area contributed by atoms with E-state index in [0.717, 1.165) is 88.1 Å². The number of ether oxygens (including phenoxy) is 1. The van der Waals surface area contributed by atoms with Gasteiger partial charge in [-0.15, -0.1) is 0 Å². The summed E-state index contributed by atoms with van der Waals surface area (Å²) in [5, 5.41) is 52.7. The Morgan fingerprint density at radius 1 is 0.667 bits per heavy atom. The highest BCUT2D eigenvalue weighted by atomic mass is 16.5. The first-order chi connectivity index (χ1) is 40.9. The molecule has 492 valence electrons. The van der Waals surface area contributed by atoms with Crippen LogP contribution in [0.25, 0.3) is 0 Å². The fraction of sp³-hybridized carbons (Fsp3) is 0.741. The van der Waals surface area contributed by atoms with Crippen molar-refractivity contribution in [1.82, 2.24) is 52.3 Å². The van der Waals surface area contributed by atoms with E-state index in [1.54, 1.807) is 20.8 Å². The van der Waals surface area contributed by atoms with Crippen molar-refractivity contribution in [2.24, 2.45) is 23.3 Å². The van der Waals surface area contributed by atoms with Crippen molar-refractivity contribution in [3.63, 3.8) is 0 Å². The van der Waals surface area contributed by atoms with Gasteiger partial charge in [0.15, 0.2) is 6.10 Å². The van der Waals surface area contributed by atoms with Crippen LogP contribution in [0.2, 0.25) is 0 Å². The highest BCUT2D eigenvalue weighted by Crippen LogP contribution is 2.25. The molecule has 0 aromatic rings. The van der Waals surface area contributed by atoms with E-state index in [4.69, 9.17) is 16.2 Å². The number of aliphatic hydroxyl groups excluding tert-OH is 3. The third-order valence-electron chi connectivity index (χ3n) is 15.6. The van der Waals surface area contributed by atoms with Gasteiger partial charge in [0.2, 0.25) is 59.1 Å². The molecule has 2 rings (SSSR count). The topological polar surface area (TPSA) is 447 Å². The minimum atomic E-state index is -2.03. The summed E-state index contributed by atoms with van der Waals surface area (Å²) < 4.78 is 5.41. The molecule has 0 aromatic heterocycles. The second-order valence-corrected chi connectivity index (χ2v) is 23.0. The Balaban J connectivity index is 2.73. The maximum Gasteiger partial charge on any atom is 0.268 e. The van der Waals surface area contributed by atoms with Crippen LogP contribution < -0.4 is 54.0 Å². The summed E-state index contributed by atoms with van der Waals surface area (Å²) >= 11 is 0. The Hall–Kier alpha value is -7.11. The minimum Gasteiger partial charge on any atom is -0.391 e. The van der Waals surface area contributed by atoms with E-state index in [0.29, 0.717) is 25.7 Å². The van der Waals surface area contributed by atoms with Crippen LogP contribution in [-0.2, 0) is 67.1 Å². The summed E-state index contributed by atoms with van der Waals surface area (Å²) in [7, 11) is 2.37. The number of fused-ring (bicyclic) bond motifs is 1. The van der Waals surface area contributed by atoms with Gasteiger partial charge in [0.05, 0.1) is 37.3 Å². The van der Waals surface area contributed by atoms with E-state index >= 15 is 0 Å². The number of allylic oxidation sites excluding steroid dienone is 1. The number of nitrogens with one attached hydrogen (secondary N) is 8. The molecule has 0 radical (unpaired) electrons. The molecular weight excluding hydrogens is 1140 g/mol. The number of nitrogens with zero attached hydrogens (tertiary/aromatic N) is 2. The number of primary amides is 2. The smallest absolute Gasteiger partial charge is 0.268 e. The maximum atomic E-state index is 14.7. The van der Waals surface area contributed by atoms with Crippen molar-refractivity contribution in [2.75, 3.05) is 27.2 Å². The number of carbonyl (C=O) groups is 13. The monoisotopic (exact) mass is 1230 g/mol. The van der Waals surface area contributed by atoms with Crippen LogP contribution in [0, 0.1) is 11.8 Å². The molecule has 0 aliphatic carbocycles. The summed E-state index contributed by atoms with van der Waals surface area (Å²) in [5.41, 5.74) is 10.5. The Morgan fingerprint density at radius 2 is 1.24 bits per heavy atom. The van der Waals surface area contributed by atoms with E-state index in [-0.39, 0.29) is 25.2 Å². The molecule has 0 aromatic carbocycles. The Labute approximate surface area is 509 Å². The number of nitrogens with two attached hydrogens (primary N) is 2. The van der Waals surface area contributed by atoms with Crippen molar-refractivity contribution >= 4 is 76.7 Å². The number of aliphatic hydroxyl groups is 3. The van der Waals surface area contributed by atoms with Gasteiger partial charge in [0.1, 0.15) is 53.8 Å². The van der Waals surface area contributed by atoms with Gasteiger partial charge >= 0.3 is 0 Å². The van der Waals surface area contributed by atoms with Gasteiger partial charge in [-0.1, -0.05) is 78.7 Å². The van der Waals surface area contributed by atoms with Gasteiger partial charge in [-0.3, -0.25) is 62.3 Å². The molecule has 2 aliphatic heterocycles. The van der Waals surface area contributed by atoms with Crippen LogP contribution in [0.1, 0.15) is 165 Å². The van der Waals surface area contributed by atoms with E-state index in [9.17, 15) is 77.6 Å². The summed E-state index contributed by atoms with van der Waals surface area (Å²) in [6.45, 7) is 10.8. The number of carbonyl (C=O) groups excluding carboxylic acids is 13. The van der Waals surface area contributed by atoms with Crippen LogP contribution in [0.3, 0.4) is 0 Å². The molecule has 2 aliphatic rings. The van der Waals surface area contributed by atoms with Gasteiger partial charge in [0.25, 0.3) is 11.8 Å². The lowest BCUT2D eigenvalue weighted by Crippen LogP contribution is -2.62. The first-order valence-electron chi connectivity index (χ1n) is 30.2. The highest BCUT2D eigenvalue weighted by Gasteiger charge is 2.44. The molecule has 0 bridgehead atoms. The zero-order valence-electron chi connectivity index (χ0n) is 52.2. The highest BCUT2D eigenvalue weighted by molar-refractivity contribution is 6.03. The number of amides is 12. The predicted octanol–water partition coefficient (Wildman–Crippen LogP) is -2.28. The van der Waals surface area contributed by atoms with Crippen molar-refractivity contribution < 1.29 is 82.4 Å². The van der Waals surface area contributed by atoms with E-state index in [2.05, 4.69) is 42.5 Å². The molecular formula is C58H98N12O17. The summed E-state index contributed by atoms with van der Waals surface area (Å²) in [5.74, 6) is -13.5. The molecule has 15 N–H and O–H groups in total. The molecule has 2 unspecified atom stereocenters. The molecule has 0 spiro atoms. The molecule has 2 saturated heterocycles. The largest absolute Gasteiger partial charge is 0.391 e. The normalized spacial score (nSPS) is 26.1. The van der Waals surface area contributed by atoms with Gasteiger partial charge in [0, 0.05) is 40.0 Å². The van der Waals surface area contributed by atoms with Gasteiger partial charge in [-0.25, -0.2) is 0 Å². The molecule has 13 atom stereocenters. The number of ketones is 1. The van der Waals surface area contributed by atoms with Crippen molar-refractivity contribution in [3.8, 4) is 0 Å². The number of methoxy groups -OCH3 is 1. The zero-order chi connectivity index (χ0) is 65.8. The number of hydrogen-bond donors (Lipinski definition) is 13. The van der Waals surface area contributed by atoms with Gasteiger partial charge in [-0.2, -0.15) is 0 Å². The lowest BCUT2D eigenvalue weighted by atomic mass is 9.90. The lowest BCUT2D eigenvalue weighted by molar-refractivity contribution is -0.151. The first kappa shape index (κ1) is 76.0. The number of likely N-dealkylation sites (N-methyl/N-ethyl adjacent to an activating group) is 1. The molecule has 29 heteroatoms. The van der Waals surface area contributed by atoms with Gasteiger partial charge in [-0.05, 0) is 78.1 Å². The van der Waals surface area contributed by atoms with E-state index in [1.165, 1.54) is 21.0 Å². The summed E-state index contributed by atoms with van der Waals surface area (Å²) in [6, 6.07) is -12.9.